The summed E-state index contributed by atoms with van der Waals surface area (Å²) in [5, 5.41) is 0. The number of nitrogens with two attached hydrogens (primary N) is 1. The zero-order valence-corrected chi connectivity index (χ0v) is 11.9. The Morgan fingerprint density at radius 1 is 1.15 bits per heavy atom. The van der Waals surface area contributed by atoms with Crippen molar-refractivity contribution in [1.29, 1.82) is 0 Å². The summed E-state index contributed by atoms with van der Waals surface area (Å²) >= 11 is 0. The number of para-hydroxylation sites is 1. The van der Waals surface area contributed by atoms with Crippen molar-refractivity contribution in [2.45, 2.75) is 5.75 Å². The average Bonchev–Trinajstić information content (AvgIpc) is 2.41. The number of nitrogen functional groups attached to an aromatic ring is 1. The van der Waals surface area contributed by atoms with Gasteiger partial charge in [-0.25, -0.2) is 8.42 Å². The summed E-state index contributed by atoms with van der Waals surface area (Å²) in [4.78, 5) is 0. The van der Waals surface area contributed by atoms with Gasteiger partial charge in [0.1, 0.15) is 5.75 Å². The van der Waals surface area contributed by atoms with E-state index in [-0.39, 0.29) is 5.75 Å². The number of methoxy groups -OCH3 is 1. The van der Waals surface area contributed by atoms with E-state index in [1.807, 2.05) is 0 Å². The van der Waals surface area contributed by atoms with Crippen molar-refractivity contribution < 1.29 is 13.2 Å². The lowest BCUT2D eigenvalue weighted by atomic mass is 10.2. The topological polar surface area (TPSA) is 81.4 Å². The van der Waals surface area contributed by atoms with Crippen LogP contribution in [0.15, 0.2) is 48.5 Å². The maximum Gasteiger partial charge on any atom is 0.236 e. The van der Waals surface area contributed by atoms with Crippen molar-refractivity contribution in [3.8, 4) is 5.75 Å². The molecule has 20 heavy (non-hydrogen) atoms. The Hall–Kier alpha value is -2.21. The molecule has 0 fully saturated rings. The molecule has 0 aliphatic rings. The number of anilines is 2. The van der Waals surface area contributed by atoms with Gasteiger partial charge in [-0.2, -0.15) is 0 Å². The fourth-order valence-corrected chi connectivity index (χ4v) is 3.00. The summed E-state index contributed by atoms with van der Waals surface area (Å²) in [6.45, 7) is 0. The molecule has 0 bridgehead atoms. The minimum Gasteiger partial charge on any atom is -0.497 e. The molecular formula is C14H16N2O3S. The third kappa shape index (κ3) is 3.64. The second-order valence-electron chi connectivity index (χ2n) is 4.29. The van der Waals surface area contributed by atoms with Gasteiger partial charge in [-0.15, -0.1) is 0 Å². The molecule has 6 heteroatoms. The highest BCUT2D eigenvalue weighted by molar-refractivity contribution is 7.91. The van der Waals surface area contributed by atoms with E-state index in [1.165, 1.54) is 7.11 Å². The van der Waals surface area contributed by atoms with Crippen LogP contribution in [0.3, 0.4) is 0 Å². The molecule has 0 spiro atoms. The van der Waals surface area contributed by atoms with E-state index >= 15 is 0 Å². The van der Waals surface area contributed by atoms with Crippen LogP contribution < -0.4 is 15.2 Å². The molecule has 2 rings (SSSR count). The minimum atomic E-state index is -3.52. The monoisotopic (exact) mass is 292 g/mol. The first kappa shape index (κ1) is 14.2. The molecule has 0 heterocycles. The molecule has 0 aliphatic heterocycles. The number of ether oxygens (including phenoxy) is 1. The smallest absolute Gasteiger partial charge is 0.236 e. The third-order valence-electron chi connectivity index (χ3n) is 2.74. The molecule has 0 unspecified atom stereocenters. The molecule has 0 radical (unpaired) electrons. The van der Waals surface area contributed by atoms with Crippen LogP contribution in [0, 0.1) is 0 Å². The van der Waals surface area contributed by atoms with Gasteiger partial charge in [-0.05, 0) is 23.8 Å². The molecule has 5 nitrogen and oxygen atoms in total. The van der Waals surface area contributed by atoms with Crippen molar-refractivity contribution in [2.24, 2.45) is 0 Å². The minimum absolute atomic E-state index is 0.170. The van der Waals surface area contributed by atoms with Crippen LogP contribution in [-0.2, 0) is 15.8 Å². The number of hydrogen-bond donors (Lipinski definition) is 2. The predicted molar refractivity (Wildman–Crippen MR) is 80.1 cm³/mol. The molecule has 3 N–H and O–H groups in total. The summed E-state index contributed by atoms with van der Waals surface area (Å²) in [6, 6.07) is 13.6. The molecular weight excluding hydrogens is 276 g/mol. The van der Waals surface area contributed by atoms with Gasteiger partial charge in [0.25, 0.3) is 0 Å². The first-order valence-electron chi connectivity index (χ1n) is 5.98. The fraction of sp³-hybridized carbons (Fsp3) is 0.143. The first-order chi connectivity index (χ1) is 9.50. The Balaban J connectivity index is 2.17. The maximum atomic E-state index is 12.1. The Labute approximate surface area is 118 Å². The van der Waals surface area contributed by atoms with Crippen molar-refractivity contribution in [3.05, 3.63) is 54.1 Å². The second kappa shape index (κ2) is 5.83. The quantitative estimate of drug-likeness (QED) is 0.828. The van der Waals surface area contributed by atoms with Crippen LogP contribution >= 0.6 is 0 Å². The van der Waals surface area contributed by atoms with E-state index in [9.17, 15) is 8.42 Å². The van der Waals surface area contributed by atoms with Crippen molar-refractivity contribution in [1.82, 2.24) is 0 Å². The van der Waals surface area contributed by atoms with Gasteiger partial charge in [-0.1, -0.05) is 24.3 Å². The van der Waals surface area contributed by atoms with E-state index in [0.717, 1.165) is 0 Å². The zero-order valence-electron chi connectivity index (χ0n) is 11.0. The van der Waals surface area contributed by atoms with Crippen LogP contribution in [0.1, 0.15) is 5.56 Å². The van der Waals surface area contributed by atoms with Gasteiger partial charge in [0.15, 0.2) is 0 Å². The number of nitrogens with one attached hydrogen (secondary N) is 1. The number of benzene rings is 2. The van der Waals surface area contributed by atoms with Crippen molar-refractivity contribution in [2.75, 3.05) is 17.6 Å². The molecule has 0 saturated carbocycles. The Kier molecular flexibility index (Phi) is 4.14. The van der Waals surface area contributed by atoms with Gasteiger partial charge in [0, 0.05) is 11.8 Å². The van der Waals surface area contributed by atoms with Gasteiger partial charge >= 0.3 is 0 Å². The van der Waals surface area contributed by atoms with Gasteiger partial charge < -0.3 is 10.5 Å². The van der Waals surface area contributed by atoms with Gasteiger partial charge in [0.2, 0.25) is 10.0 Å². The Morgan fingerprint density at radius 3 is 2.60 bits per heavy atom. The fourth-order valence-electron chi connectivity index (χ4n) is 1.77. The highest BCUT2D eigenvalue weighted by Gasteiger charge is 2.13. The van der Waals surface area contributed by atoms with Gasteiger partial charge in [0.05, 0.1) is 18.6 Å². The number of hydrogen-bond acceptors (Lipinski definition) is 4. The third-order valence-corrected chi connectivity index (χ3v) is 3.98. The van der Waals surface area contributed by atoms with E-state index < -0.39 is 10.0 Å². The number of sulfonamides is 1. The average molecular weight is 292 g/mol. The van der Waals surface area contributed by atoms with Crippen LogP contribution in [0.4, 0.5) is 11.4 Å². The lowest BCUT2D eigenvalue weighted by Crippen LogP contribution is -2.15. The Bertz CT molecular complexity index is 699. The summed E-state index contributed by atoms with van der Waals surface area (Å²) in [5.41, 5.74) is 7.25. The SMILES string of the molecule is COc1cccc(NS(=O)(=O)Cc2ccccc2N)c1. The molecule has 106 valence electrons. The molecule has 0 atom stereocenters. The first-order valence-corrected chi connectivity index (χ1v) is 7.63. The molecule has 0 aromatic heterocycles. The van der Waals surface area contributed by atoms with Crippen LogP contribution in [0.2, 0.25) is 0 Å². The van der Waals surface area contributed by atoms with E-state index in [0.29, 0.717) is 22.7 Å². The van der Waals surface area contributed by atoms with Crippen molar-refractivity contribution in [3.63, 3.8) is 0 Å². The van der Waals surface area contributed by atoms with E-state index in [1.54, 1.807) is 48.5 Å². The summed E-state index contributed by atoms with van der Waals surface area (Å²) in [6.07, 6.45) is 0. The normalized spacial score (nSPS) is 11.1. The summed E-state index contributed by atoms with van der Waals surface area (Å²) in [7, 11) is -1.99. The molecule has 2 aromatic carbocycles. The highest BCUT2D eigenvalue weighted by Crippen LogP contribution is 2.20. The highest BCUT2D eigenvalue weighted by atomic mass is 32.2. The zero-order chi connectivity index (χ0) is 14.6. The summed E-state index contributed by atoms with van der Waals surface area (Å²) in [5.74, 6) is 0.418. The standard InChI is InChI=1S/C14H16N2O3S/c1-19-13-7-4-6-12(9-13)16-20(17,18)10-11-5-2-3-8-14(11)15/h2-9,16H,10,15H2,1H3. The van der Waals surface area contributed by atoms with Crippen LogP contribution in [-0.4, -0.2) is 15.5 Å². The maximum absolute atomic E-state index is 12.1. The second-order valence-corrected chi connectivity index (χ2v) is 6.01. The molecule has 0 amide bonds. The van der Waals surface area contributed by atoms with Gasteiger partial charge in [-0.3, -0.25) is 4.72 Å². The van der Waals surface area contributed by atoms with Crippen molar-refractivity contribution >= 4 is 21.4 Å². The molecule has 0 aliphatic carbocycles. The lowest BCUT2D eigenvalue weighted by molar-refractivity contribution is 0.415. The largest absolute Gasteiger partial charge is 0.497 e. The number of rotatable bonds is 5. The Morgan fingerprint density at radius 2 is 1.90 bits per heavy atom. The van der Waals surface area contributed by atoms with E-state index in [2.05, 4.69) is 4.72 Å². The van der Waals surface area contributed by atoms with Crippen LogP contribution in [0.5, 0.6) is 5.75 Å². The summed E-state index contributed by atoms with van der Waals surface area (Å²) < 4.78 is 31.8. The lowest BCUT2D eigenvalue weighted by Gasteiger charge is -2.10. The van der Waals surface area contributed by atoms with Crippen LogP contribution in [0.25, 0.3) is 0 Å². The molecule has 0 saturated heterocycles. The molecule has 2 aromatic rings. The predicted octanol–water partition coefficient (Wildman–Crippen LogP) is 2.22. The van der Waals surface area contributed by atoms with E-state index in [4.69, 9.17) is 10.5 Å².